The molecule has 1 N–H and O–H groups in total. The molecule has 0 fully saturated rings. The summed E-state index contributed by atoms with van der Waals surface area (Å²) in [6, 6.07) is 2.99. The molecule has 0 spiro atoms. The average Bonchev–Trinajstić information content (AvgIpc) is 3.07. The van der Waals surface area contributed by atoms with Gasteiger partial charge < -0.3 is 10.1 Å². The Balaban J connectivity index is 1.72. The van der Waals surface area contributed by atoms with Crippen LogP contribution in [0.3, 0.4) is 0 Å². The van der Waals surface area contributed by atoms with Gasteiger partial charge in [0.15, 0.2) is 17.4 Å². The van der Waals surface area contributed by atoms with Crippen LogP contribution in [-0.2, 0) is 6.54 Å². The molecule has 0 aliphatic carbocycles. The van der Waals surface area contributed by atoms with Crippen molar-refractivity contribution >= 4 is 16.7 Å². The van der Waals surface area contributed by atoms with Gasteiger partial charge in [0.2, 0.25) is 0 Å². The summed E-state index contributed by atoms with van der Waals surface area (Å²) in [5.41, 5.74) is 0.529. The second-order valence-corrected chi connectivity index (χ2v) is 6.77. The molecule has 1 aromatic carbocycles. The minimum Gasteiger partial charge on any atom is -0.494 e. The van der Waals surface area contributed by atoms with Crippen molar-refractivity contribution in [2.24, 2.45) is 0 Å². The lowest BCUT2D eigenvalue weighted by molar-refractivity contribution is 0.387. The van der Waals surface area contributed by atoms with Crippen LogP contribution >= 0.6 is 0 Å². The molecule has 7 nitrogen and oxygen atoms in total. The van der Waals surface area contributed by atoms with Crippen molar-refractivity contribution in [2.75, 3.05) is 12.4 Å². The van der Waals surface area contributed by atoms with E-state index in [9.17, 15) is 4.39 Å². The summed E-state index contributed by atoms with van der Waals surface area (Å²) in [4.78, 5) is 13.2. The number of hydrogen-bond donors (Lipinski definition) is 1. The second kappa shape index (κ2) is 6.51. The number of aromatic nitrogens is 5. The first-order valence-corrected chi connectivity index (χ1v) is 8.76. The summed E-state index contributed by atoms with van der Waals surface area (Å²) < 4.78 is 21.0. The SMILES string of the molecule is COc1cc2c(NC3CCCn4nc(C(C)C)nc43)ncnc2cc1F. The minimum absolute atomic E-state index is 0.00195. The number of benzene rings is 1. The molecule has 1 unspecified atom stereocenters. The van der Waals surface area contributed by atoms with E-state index in [2.05, 4.69) is 34.2 Å². The largest absolute Gasteiger partial charge is 0.494 e. The maximum absolute atomic E-state index is 14.0. The number of halogens is 1. The average molecular weight is 356 g/mol. The molecule has 136 valence electrons. The van der Waals surface area contributed by atoms with E-state index in [1.807, 2.05) is 4.68 Å². The molecule has 3 heterocycles. The molecule has 8 heteroatoms. The summed E-state index contributed by atoms with van der Waals surface area (Å²) in [5, 5.41) is 8.77. The second-order valence-electron chi connectivity index (χ2n) is 6.77. The fourth-order valence-corrected chi connectivity index (χ4v) is 3.24. The Bertz CT molecular complexity index is 954. The van der Waals surface area contributed by atoms with Crippen LogP contribution in [0.1, 0.15) is 50.3 Å². The fraction of sp³-hybridized carbons (Fsp3) is 0.444. The van der Waals surface area contributed by atoms with Crippen LogP contribution in [0.25, 0.3) is 10.9 Å². The molecule has 1 aliphatic heterocycles. The first kappa shape index (κ1) is 16.7. The number of hydrogen-bond acceptors (Lipinski definition) is 6. The molecule has 1 aliphatic rings. The van der Waals surface area contributed by atoms with Gasteiger partial charge in [0, 0.05) is 23.9 Å². The third-order valence-corrected chi connectivity index (χ3v) is 4.63. The first-order chi connectivity index (χ1) is 12.6. The van der Waals surface area contributed by atoms with E-state index < -0.39 is 5.82 Å². The molecule has 2 aromatic heterocycles. The van der Waals surface area contributed by atoms with Gasteiger partial charge in [0.05, 0.1) is 18.7 Å². The summed E-state index contributed by atoms with van der Waals surface area (Å²) in [6.45, 7) is 5.04. The summed E-state index contributed by atoms with van der Waals surface area (Å²) >= 11 is 0. The van der Waals surface area contributed by atoms with Crippen molar-refractivity contribution in [2.45, 2.75) is 45.2 Å². The molecular formula is C18H21FN6O. The van der Waals surface area contributed by atoms with Crippen molar-refractivity contribution in [1.29, 1.82) is 0 Å². The predicted molar refractivity (Wildman–Crippen MR) is 95.8 cm³/mol. The van der Waals surface area contributed by atoms with Crippen molar-refractivity contribution in [3.8, 4) is 5.75 Å². The van der Waals surface area contributed by atoms with Crippen LogP contribution < -0.4 is 10.1 Å². The lowest BCUT2D eigenvalue weighted by atomic mass is 10.1. The van der Waals surface area contributed by atoms with Crippen LogP contribution in [0, 0.1) is 5.82 Å². The van der Waals surface area contributed by atoms with Crippen LogP contribution in [-0.4, -0.2) is 31.8 Å². The topological polar surface area (TPSA) is 77.8 Å². The highest BCUT2D eigenvalue weighted by Crippen LogP contribution is 2.32. The van der Waals surface area contributed by atoms with Crippen LogP contribution in [0.15, 0.2) is 18.5 Å². The van der Waals surface area contributed by atoms with E-state index in [4.69, 9.17) is 9.72 Å². The Labute approximate surface area is 150 Å². The van der Waals surface area contributed by atoms with Gasteiger partial charge in [0.1, 0.15) is 18.0 Å². The summed E-state index contributed by atoms with van der Waals surface area (Å²) in [6.07, 6.45) is 3.37. The van der Waals surface area contributed by atoms with Crippen LogP contribution in [0.4, 0.5) is 10.2 Å². The van der Waals surface area contributed by atoms with Gasteiger partial charge in [-0.15, -0.1) is 0 Å². The van der Waals surface area contributed by atoms with E-state index >= 15 is 0 Å². The normalized spacial score (nSPS) is 16.7. The molecule has 0 bridgehead atoms. The van der Waals surface area contributed by atoms with Gasteiger partial charge in [-0.05, 0) is 18.9 Å². The van der Waals surface area contributed by atoms with Gasteiger partial charge in [-0.1, -0.05) is 13.8 Å². The number of anilines is 1. The molecule has 0 amide bonds. The van der Waals surface area contributed by atoms with Crippen LogP contribution in [0.5, 0.6) is 5.75 Å². The van der Waals surface area contributed by atoms with E-state index in [0.717, 1.165) is 31.0 Å². The molecule has 26 heavy (non-hydrogen) atoms. The number of nitrogens with zero attached hydrogens (tertiary/aromatic N) is 5. The Kier molecular flexibility index (Phi) is 4.18. The Hall–Kier alpha value is -2.77. The molecule has 0 saturated carbocycles. The highest BCUT2D eigenvalue weighted by atomic mass is 19.1. The quantitative estimate of drug-likeness (QED) is 0.772. The molecule has 1 atom stereocenters. The summed E-state index contributed by atoms with van der Waals surface area (Å²) in [7, 11) is 1.44. The smallest absolute Gasteiger partial charge is 0.167 e. The van der Waals surface area contributed by atoms with Gasteiger partial charge in [-0.25, -0.2) is 24.0 Å². The molecular weight excluding hydrogens is 335 g/mol. The molecule has 0 saturated heterocycles. The van der Waals surface area contributed by atoms with Gasteiger partial charge >= 0.3 is 0 Å². The van der Waals surface area contributed by atoms with Crippen molar-refractivity contribution in [1.82, 2.24) is 24.7 Å². The maximum atomic E-state index is 14.0. The van der Waals surface area contributed by atoms with Crippen molar-refractivity contribution in [3.63, 3.8) is 0 Å². The van der Waals surface area contributed by atoms with E-state index in [-0.39, 0.29) is 17.7 Å². The number of rotatable bonds is 4. The van der Waals surface area contributed by atoms with Gasteiger partial charge in [-0.2, -0.15) is 5.10 Å². The first-order valence-electron chi connectivity index (χ1n) is 8.76. The third kappa shape index (κ3) is 2.85. The summed E-state index contributed by atoms with van der Waals surface area (Å²) in [5.74, 6) is 2.42. The molecule has 0 radical (unpaired) electrons. The lowest BCUT2D eigenvalue weighted by Gasteiger charge is -2.24. The highest BCUT2D eigenvalue weighted by molar-refractivity contribution is 5.90. The lowest BCUT2D eigenvalue weighted by Crippen LogP contribution is -2.23. The van der Waals surface area contributed by atoms with Crippen LogP contribution in [0.2, 0.25) is 0 Å². The highest BCUT2D eigenvalue weighted by Gasteiger charge is 2.26. The fourth-order valence-electron chi connectivity index (χ4n) is 3.24. The number of fused-ring (bicyclic) bond motifs is 2. The zero-order valence-electron chi connectivity index (χ0n) is 15.0. The Morgan fingerprint density at radius 2 is 2.15 bits per heavy atom. The van der Waals surface area contributed by atoms with Gasteiger partial charge in [-0.3, -0.25) is 0 Å². The number of methoxy groups -OCH3 is 1. The number of nitrogens with one attached hydrogen (secondary N) is 1. The molecule has 3 aromatic rings. The Morgan fingerprint density at radius 3 is 2.92 bits per heavy atom. The number of ether oxygens (including phenoxy) is 1. The monoisotopic (exact) mass is 356 g/mol. The van der Waals surface area contributed by atoms with E-state index in [0.29, 0.717) is 16.7 Å². The molecule has 4 rings (SSSR count). The minimum atomic E-state index is -0.441. The zero-order valence-corrected chi connectivity index (χ0v) is 15.0. The predicted octanol–water partition coefficient (Wildman–Crippen LogP) is 3.44. The third-order valence-electron chi connectivity index (χ3n) is 4.63. The van der Waals surface area contributed by atoms with Gasteiger partial charge in [0.25, 0.3) is 0 Å². The van der Waals surface area contributed by atoms with Crippen molar-refractivity contribution in [3.05, 3.63) is 35.9 Å². The van der Waals surface area contributed by atoms with Crippen molar-refractivity contribution < 1.29 is 9.13 Å². The maximum Gasteiger partial charge on any atom is 0.167 e. The standard InChI is InChI=1S/C18H21FN6O/c1-10(2)16-23-18-13(5-4-6-25(18)24-16)22-17-11-7-15(26-3)12(19)8-14(11)20-9-21-17/h7-10,13H,4-6H2,1-3H3,(H,20,21,22). The van der Waals surface area contributed by atoms with E-state index in [1.54, 1.807) is 6.07 Å². The van der Waals surface area contributed by atoms with E-state index in [1.165, 1.54) is 19.5 Å². The zero-order chi connectivity index (χ0) is 18.3. The Morgan fingerprint density at radius 1 is 1.31 bits per heavy atom. The number of aryl methyl sites for hydroxylation is 1.